The topological polar surface area (TPSA) is 136 Å². The Morgan fingerprint density at radius 3 is 2.47 bits per heavy atom. The monoisotopic (exact) mass is 506 g/mol. The van der Waals surface area contributed by atoms with Gasteiger partial charge in [-0.05, 0) is 51.4 Å². The van der Waals surface area contributed by atoms with Crippen LogP contribution in [0.3, 0.4) is 0 Å². The normalized spacial score (nSPS) is 22.7. The van der Waals surface area contributed by atoms with Crippen LogP contribution in [0, 0.1) is 11.8 Å². The van der Waals surface area contributed by atoms with E-state index in [1.807, 2.05) is 13.0 Å². The maximum Gasteiger partial charge on any atom is 0.326 e. The van der Waals surface area contributed by atoms with Crippen molar-refractivity contribution in [2.45, 2.75) is 91.3 Å². The molecule has 0 aromatic carbocycles. The highest BCUT2D eigenvalue weighted by molar-refractivity contribution is 5.94. The summed E-state index contributed by atoms with van der Waals surface area (Å²) in [6.45, 7) is 9.25. The molecule has 4 atom stereocenters. The van der Waals surface area contributed by atoms with Gasteiger partial charge < -0.3 is 25.5 Å². The standard InChI is InChI=1S/C26H42N4O6/c1-6-11-29(24(33)19-10-8-9-18(7-2)13-19)14-21(31)27-20-12-17(5)30(25(20)34)15-22(32)28-23(16(3)4)26(35)36/h13,16-17,19-20,23H,6-12,14-15H2,1-5H3,(H,27,31)(H,28,32)(H,35,36). The number of amides is 4. The third-order valence-electron chi connectivity index (χ3n) is 6.95. The quantitative estimate of drug-likeness (QED) is 0.345. The maximum atomic E-state index is 13.1. The van der Waals surface area contributed by atoms with Crippen molar-refractivity contribution in [1.82, 2.24) is 20.4 Å². The van der Waals surface area contributed by atoms with Crippen molar-refractivity contribution in [1.29, 1.82) is 0 Å². The van der Waals surface area contributed by atoms with Gasteiger partial charge in [-0.15, -0.1) is 0 Å². The van der Waals surface area contributed by atoms with Gasteiger partial charge in [0.05, 0.1) is 19.0 Å². The van der Waals surface area contributed by atoms with Gasteiger partial charge in [-0.1, -0.05) is 39.3 Å². The molecule has 0 aromatic heterocycles. The molecule has 2 rings (SSSR count). The van der Waals surface area contributed by atoms with Crippen LogP contribution in [-0.4, -0.2) is 82.3 Å². The van der Waals surface area contributed by atoms with Gasteiger partial charge in [0.25, 0.3) is 0 Å². The highest BCUT2D eigenvalue weighted by Gasteiger charge is 2.39. The molecule has 0 spiro atoms. The zero-order valence-electron chi connectivity index (χ0n) is 22.2. The molecule has 10 nitrogen and oxygen atoms in total. The van der Waals surface area contributed by atoms with Crippen molar-refractivity contribution >= 4 is 29.6 Å². The lowest BCUT2D eigenvalue weighted by molar-refractivity contribution is -0.144. The fourth-order valence-corrected chi connectivity index (χ4v) is 4.90. The summed E-state index contributed by atoms with van der Waals surface area (Å²) in [5, 5.41) is 14.5. The van der Waals surface area contributed by atoms with E-state index in [1.165, 1.54) is 10.5 Å². The second kappa shape index (κ2) is 13.4. The van der Waals surface area contributed by atoms with Crippen LogP contribution >= 0.6 is 0 Å². The lowest BCUT2D eigenvalue weighted by Crippen LogP contribution is -2.51. The van der Waals surface area contributed by atoms with Crippen LogP contribution in [0.15, 0.2) is 11.6 Å². The van der Waals surface area contributed by atoms with E-state index in [1.54, 1.807) is 25.7 Å². The lowest BCUT2D eigenvalue weighted by Gasteiger charge is -2.28. The first-order valence-electron chi connectivity index (χ1n) is 13.1. The number of hydrogen-bond acceptors (Lipinski definition) is 5. The van der Waals surface area contributed by atoms with E-state index in [0.29, 0.717) is 19.4 Å². The second-order valence-corrected chi connectivity index (χ2v) is 10.2. The zero-order chi connectivity index (χ0) is 27.0. The van der Waals surface area contributed by atoms with Crippen molar-refractivity contribution in [2.75, 3.05) is 19.6 Å². The van der Waals surface area contributed by atoms with E-state index in [9.17, 15) is 29.1 Å². The second-order valence-electron chi connectivity index (χ2n) is 10.2. The summed E-state index contributed by atoms with van der Waals surface area (Å²) < 4.78 is 0. The third-order valence-corrected chi connectivity index (χ3v) is 6.95. The number of allylic oxidation sites excluding steroid dienone is 1. The van der Waals surface area contributed by atoms with Crippen molar-refractivity contribution < 1.29 is 29.1 Å². The third kappa shape index (κ3) is 7.80. The summed E-state index contributed by atoms with van der Waals surface area (Å²) in [6, 6.07) is -2.14. The Labute approximate surface area is 213 Å². The SMILES string of the molecule is CCCN(CC(=O)NC1CC(C)N(CC(=O)NC(C(=O)O)C(C)C)C1=O)C(=O)C1C=C(CC)CCC1. The Morgan fingerprint density at radius 2 is 1.89 bits per heavy atom. The van der Waals surface area contributed by atoms with Gasteiger partial charge in [0.15, 0.2) is 0 Å². The smallest absolute Gasteiger partial charge is 0.326 e. The number of likely N-dealkylation sites (tertiary alicyclic amines) is 1. The van der Waals surface area contributed by atoms with Crippen molar-refractivity contribution in [2.24, 2.45) is 11.8 Å². The van der Waals surface area contributed by atoms with E-state index in [4.69, 9.17) is 0 Å². The average molecular weight is 507 g/mol. The first-order chi connectivity index (χ1) is 17.0. The Bertz CT molecular complexity index is 870. The molecule has 202 valence electrons. The number of nitrogens with zero attached hydrogens (tertiary/aromatic N) is 2. The van der Waals surface area contributed by atoms with Gasteiger partial charge in [-0.3, -0.25) is 19.2 Å². The van der Waals surface area contributed by atoms with E-state index >= 15 is 0 Å². The maximum absolute atomic E-state index is 13.1. The van der Waals surface area contributed by atoms with E-state index in [0.717, 1.165) is 25.7 Å². The van der Waals surface area contributed by atoms with Crippen molar-refractivity contribution in [3.63, 3.8) is 0 Å². The van der Waals surface area contributed by atoms with Crippen molar-refractivity contribution in [3.8, 4) is 0 Å². The Balaban J connectivity index is 1.97. The molecule has 0 bridgehead atoms. The summed E-state index contributed by atoms with van der Waals surface area (Å²) in [5.41, 5.74) is 1.28. The molecular weight excluding hydrogens is 464 g/mol. The fraction of sp³-hybridized carbons (Fsp3) is 0.731. The van der Waals surface area contributed by atoms with E-state index < -0.39 is 35.8 Å². The minimum atomic E-state index is -1.13. The van der Waals surface area contributed by atoms with Crippen LogP contribution in [0.4, 0.5) is 0 Å². The molecule has 10 heteroatoms. The highest BCUT2D eigenvalue weighted by Crippen LogP contribution is 2.26. The molecule has 1 aliphatic carbocycles. The van der Waals surface area contributed by atoms with Gasteiger partial charge in [0.1, 0.15) is 12.1 Å². The summed E-state index contributed by atoms with van der Waals surface area (Å²) in [5.74, 6) is -3.07. The molecule has 2 aliphatic rings. The number of carbonyl (C=O) groups is 5. The van der Waals surface area contributed by atoms with Gasteiger partial charge in [0.2, 0.25) is 23.6 Å². The van der Waals surface area contributed by atoms with E-state index in [2.05, 4.69) is 17.6 Å². The first-order valence-corrected chi connectivity index (χ1v) is 13.1. The summed E-state index contributed by atoms with van der Waals surface area (Å²) in [4.78, 5) is 65.6. The number of carboxylic acids is 1. The average Bonchev–Trinajstić information content (AvgIpc) is 3.08. The van der Waals surface area contributed by atoms with Gasteiger partial charge >= 0.3 is 5.97 Å². The Morgan fingerprint density at radius 1 is 1.19 bits per heavy atom. The number of aliphatic carboxylic acids is 1. The minimum absolute atomic E-state index is 0.0554. The molecular formula is C26H42N4O6. The Hall–Kier alpha value is -2.91. The number of nitrogens with one attached hydrogen (secondary N) is 2. The molecule has 0 aromatic rings. The summed E-state index contributed by atoms with van der Waals surface area (Å²) >= 11 is 0. The predicted octanol–water partition coefficient (Wildman–Crippen LogP) is 1.69. The van der Waals surface area contributed by atoms with Crippen LogP contribution in [0.25, 0.3) is 0 Å². The van der Waals surface area contributed by atoms with Gasteiger partial charge in [-0.2, -0.15) is 0 Å². The van der Waals surface area contributed by atoms with Crippen LogP contribution in [-0.2, 0) is 24.0 Å². The van der Waals surface area contributed by atoms with Crippen molar-refractivity contribution in [3.05, 3.63) is 11.6 Å². The molecule has 1 aliphatic heterocycles. The highest BCUT2D eigenvalue weighted by atomic mass is 16.4. The largest absolute Gasteiger partial charge is 0.480 e. The zero-order valence-corrected chi connectivity index (χ0v) is 22.2. The fourth-order valence-electron chi connectivity index (χ4n) is 4.90. The van der Waals surface area contributed by atoms with Crippen LogP contribution in [0.2, 0.25) is 0 Å². The van der Waals surface area contributed by atoms with E-state index in [-0.39, 0.29) is 36.9 Å². The first kappa shape index (κ1) is 29.3. The van der Waals surface area contributed by atoms with Crippen LogP contribution in [0.1, 0.15) is 73.1 Å². The summed E-state index contributed by atoms with van der Waals surface area (Å²) in [6.07, 6.45) is 6.77. The lowest BCUT2D eigenvalue weighted by atomic mass is 9.88. The predicted molar refractivity (Wildman–Crippen MR) is 135 cm³/mol. The molecule has 0 saturated carbocycles. The number of rotatable bonds is 12. The molecule has 1 heterocycles. The molecule has 3 N–H and O–H groups in total. The Kier molecular flexibility index (Phi) is 10.9. The minimum Gasteiger partial charge on any atom is -0.480 e. The van der Waals surface area contributed by atoms with Gasteiger partial charge in [-0.25, -0.2) is 4.79 Å². The number of carbonyl (C=O) groups excluding carboxylic acids is 4. The summed E-state index contributed by atoms with van der Waals surface area (Å²) in [7, 11) is 0. The van der Waals surface area contributed by atoms with Gasteiger partial charge in [0, 0.05) is 12.6 Å². The molecule has 0 radical (unpaired) electrons. The number of carboxylic acid groups (broad SMARTS) is 1. The molecule has 4 unspecified atom stereocenters. The molecule has 36 heavy (non-hydrogen) atoms. The molecule has 1 saturated heterocycles. The number of hydrogen-bond donors (Lipinski definition) is 3. The molecule has 4 amide bonds. The van der Waals surface area contributed by atoms with Crippen LogP contribution in [0.5, 0.6) is 0 Å². The molecule has 1 fully saturated rings. The van der Waals surface area contributed by atoms with Crippen LogP contribution < -0.4 is 10.6 Å².